The number of aromatic nitrogens is 2. The van der Waals surface area contributed by atoms with Crippen molar-refractivity contribution >= 4 is 5.91 Å². The molecule has 1 heterocycles. The van der Waals surface area contributed by atoms with E-state index in [-0.39, 0.29) is 5.91 Å². The molecule has 0 aliphatic heterocycles. The van der Waals surface area contributed by atoms with Crippen LogP contribution in [0.4, 0.5) is 0 Å². The Morgan fingerprint density at radius 3 is 2.67 bits per heavy atom. The van der Waals surface area contributed by atoms with E-state index in [4.69, 9.17) is 4.52 Å². The Morgan fingerprint density at radius 1 is 1.08 bits per heavy atom. The number of aryl methyl sites for hydroxylation is 2. The molecule has 0 bridgehead atoms. The highest BCUT2D eigenvalue weighted by atomic mass is 16.5. The minimum Gasteiger partial charge on any atom is -0.347 e. The molecule has 0 aliphatic rings. The van der Waals surface area contributed by atoms with E-state index in [0.717, 1.165) is 25.7 Å². The Balaban J connectivity index is 1.63. The van der Waals surface area contributed by atoms with Crippen molar-refractivity contribution < 1.29 is 9.32 Å². The average Bonchev–Trinajstić information content (AvgIpc) is 3.07. The first-order valence-electron chi connectivity index (χ1n) is 8.90. The molecule has 1 aromatic carbocycles. The quantitative estimate of drug-likeness (QED) is 0.636. The van der Waals surface area contributed by atoms with E-state index in [1.54, 1.807) is 0 Å². The molecule has 0 unspecified atom stereocenters. The summed E-state index contributed by atoms with van der Waals surface area (Å²) in [5, 5.41) is 6.81. The van der Waals surface area contributed by atoms with Gasteiger partial charge in [0.15, 0.2) is 5.82 Å². The third-order valence-electron chi connectivity index (χ3n) is 3.93. The minimum absolute atomic E-state index is 0.0514. The number of carbonyl (C=O) groups is 1. The van der Waals surface area contributed by atoms with Crippen LogP contribution in [0.15, 0.2) is 34.9 Å². The second kappa shape index (κ2) is 10.6. The molecule has 0 radical (unpaired) electrons. The molecular weight excluding hydrogens is 302 g/mol. The molecular formula is C19H27N3O2. The highest BCUT2D eigenvalue weighted by Gasteiger charge is 2.08. The molecule has 2 aromatic rings. The minimum atomic E-state index is 0.0514. The van der Waals surface area contributed by atoms with Crippen molar-refractivity contribution in [2.45, 2.75) is 64.8 Å². The standard InChI is InChI=1S/C19H27N3O2/c1-2-3-4-5-9-12-18(23)20-15-19-21-17(22-24-19)14-13-16-10-7-6-8-11-16/h6-8,10-11H,2-5,9,12-15H2,1H3,(H,20,23). The summed E-state index contributed by atoms with van der Waals surface area (Å²) in [5.41, 5.74) is 1.25. The maximum Gasteiger partial charge on any atom is 0.246 e. The number of carbonyl (C=O) groups excluding carboxylic acids is 1. The van der Waals surface area contributed by atoms with Gasteiger partial charge >= 0.3 is 0 Å². The van der Waals surface area contributed by atoms with Crippen LogP contribution in [0.1, 0.15) is 62.7 Å². The molecule has 5 heteroatoms. The van der Waals surface area contributed by atoms with Gasteiger partial charge in [-0.2, -0.15) is 4.98 Å². The van der Waals surface area contributed by atoms with Gasteiger partial charge in [0.2, 0.25) is 11.8 Å². The Morgan fingerprint density at radius 2 is 1.88 bits per heavy atom. The van der Waals surface area contributed by atoms with Gasteiger partial charge in [-0.3, -0.25) is 4.79 Å². The van der Waals surface area contributed by atoms with E-state index in [1.807, 2.05) is 18.2 Å². The van der Waals surface area contributed by atoms with Gasteiger partial charge in [-0.05, 0) is 18.4 Å². The maximum atomic E-state index is 11.8. The van der Waals surface area contributed by atoms with Crippen molar-refractivity contribution in [1.82, 2.24) is 15.5 Å². The molecule has 130 valence electrons. The number of hydrogen-bond acceptors (Lipinski definition) is 4. The molecule has 2 rings (SSSR count). The Labute approximate surface area is 143 Å². The Kier molecular flexibility index (Phi) is 8.01. The lowest BCUT2D eigenvalue weighted by Crippen LogP contribution is -2.22. The molecule has 0 saturated heterocycles. The van der Waals surface area contributed by atoms with Crippen LogP contribution < -0.4 is 5.32 Å². The van der Waals surface area contributed by atoms with E-state index in [1.165, 1.54) is 24.8 Å². The summed E-state index contributed by atoms with van der Waals surface area (Å²) in [6, 6.07) is 10.2. The highest BCUT2D eigenvalue weighted by molar-refractivity contribution is 5.75. The van der Waals surface area contributed by atoms with Crippen molar-refractivity contribution in [3.8, 4) is 0 Å². The fourth-order valence-electron chi connectivity index (χ4n) is 2.52. The maximum absolute atomic E-state index is 11.8. The second-order valence-corrected chi connectivity index (χ2v) is 6.03. The Bertz CT molecular complexity index is 596. The van der Waals surface area contributed by atoms with Crippen LogP contribution in [0.5, 0.6) is 0 Å². The molecule has 0 saturated carbocycles. The fourth-order valence-corrected chi connectivity index (χ4v) is 2.52. The lowest BCUT2D eigenvalue weighted by molar-refractivity contribution is -0.121. The van der Waals surface area contributed by atoms with Crippen molar-refractivity contribution in [3.63, 3.8) is 0 Å². The number of benzene rings is 1. The summed E-state index contributed by atoms with van der Waals surface area (Å²) in [5.74, 6) is 1.20. The molecule has 0 aliphatic carbocycles. The van der Waals surface area contributed by atoms with Crippen LogP contribution in [0.2, 0.25) is 0 Å². The van der Waals surface area contributed by atoms with E-state index in [9.17, 15) is 4.79 Å². The largest absolute Gasteiger partial charge is 0.347 e. The number of nitrogens with one attached hydrogen (secondary N) is 1. The number of rotatable bonds is 11. The highest BCUT2D eigenvalue weighted by Crippen LogP contribution is 2.06. The van der Waals surface area contributed by atoms with E-state index >= 15 is 0 Å². The SMILES string of the molecule is CCCCCCCC(=O)NCc1nc(CCc2ccccc2)no1. The van der Waals surface area contributed by atoms with E-state index in [2.05, 4.69) is 34.5 Å². The zero-order valence-electron chi connectivity index (χ0n) is 14.5. The van der Waals surface area contributed by atoms with Crippen LogP contribution in [-0.2, 0) is 24.2 Å². The average molecular weight is 329 g/mol. The molecule has 1 amide bonds. The summed E-state index contributed by atoms with van der Waals surface area (Å²) in [7, 11) is 0. The van der Waals surface area contributed by atoms with Crippen molar-refractivity contribution in [1.29, 1.82) is 0 Å². The van der Waals surface area contributed by atoms with Gasteiger partial charge in [-0.1, -0.05) is 68.1 Å². The van der Waals surface area contributed by atoms with E-state index < -0.39 is 0 Å². The van der Waals surface area contributed by atoms with Crippen LogP contribution in [0.25, 0.3) is 0 Å². The predicted molar refractivity (Wildman–Crippen MR) is 93.4 cm³/mol. The van der Waals surface area contributed by atoms with Gasteiger partial charge in [0.1, 0.15) is 0 Å². The van der Waals surface area contributed by atoms with E-state index in [0.29, 0.717) is 24.7 Å². The zero-order chi connectivity index (χ0) is 17.0. The lowest BCUT2D eigenvalue weighted by Gasteiger charge is -2.02. The molecule has 1 aromatic heterocycles. The molecule has 0 atom stereocenters. The number of hydrogen-bond donors (Lipinski definition) is 1. The van der Waals surface area contributed by atoms with Gasteiger partial charge in [0.25, 0.3) is 0 Å². The third-order valence-corrected chi connectivity index (χ3v) is 3.93. The monoisotopic (exact) mass is 329 g/mol. The van der Waals surface area contributed by atoms with Crippen LogP contribution in [-0.4, -0.2) is 16.0 Å². The topological polar surface area (TPSA) is 68.0 Å². The van der Waals surface area contributed by atoms with Crippen molar-refractivity contribution in [2.24, 2.45) is 0 Å². The smallest absolute Gasteiger partial charge is 0.246 e. The zero-order valence-corrected chi connectivity index (χ0v) is 14.5. The normalized spacial score (nSPS) is 10.7. The third kappa shape index (κ3) is 6.94. The number of unbranched alkanes of at least 4 members (excludes halogenated alkanes) is 4. The van der Waals surface area contributed by atoms with Gasteiger partial charge in [0.05, 0.1) is 6.54 Å². The van der Waals surface area contributed by atoms with Crippen LogP contribution in [0.3, 0.4) is 0 Å². The summed E-state index contributed by atoms with van der Waals surface area (Å²) in [6.45, 7) is 2.50. The van der Waals surface area contributed by atoms with Crippen molar-refractivity contribution in [2.75, 3.05) is 0 Å². The van der Waals surface area contributed by atoms with Gasteiger partial charge in [-0.25, -0.2) is 0 Å². The Hall–Kier alpha value is -2.17. The first-order chi connectivity index (χ1) is 11.8. The van der Waals surface area contributed by atoms with Gasteiger partial charge < -0.3 is 9.84 Å². The van der Waals surface area contributed by atoms with Gasteiger partial charge in [0, 0.05) is 12.8 Å². The van der Waals surface area contributed by atoms with Crippen molar-refractivity contribution in [3.05, 3.63) is 47.6 Å². The summed E-state index contributed by atoms with van der Waals surface area (Å²) < 4.78 is 5.19. The lowest BCUT2D eigenvalue weighted by atomic mass is 10.1. The second-order valence-electron chi connectivity index (χ2n) is 6.03. The predicted octanol–water partition coefficient (Wildman–Crippen LogP) is 3.83. The summed E-state index contributed by atoms with van der Waals surface area (Å²) in [4.78, 5) is 16.1. The molecule has 5 nitrogen and oxygen atoms in total. The first kappa shape index (κ1) is 18.2. The first-order valence-corrected chi connectivity index (χ1v) is 8.90. The van der Waals surface area contributed by atoms with Crippen LogP contribution >= 0.6 is 0 Å². The molecule has 1 N–H and O–H groups in total. The summed E-state index contributed by atoms with van der Waals surface area (Å²) in [6.07, 6.45) is 7.91. The molecule has 0 spiro atoms. The fraction of sp³-hybridized carbons (Fsp3) is 0.526. The van der Waals surface area contributed by atoms with Gasteiger partial charge in [-0.15, -0.1) is 0 Å². The summed E-state index contributed by atoms with van der Waals surface area (Å²) >= 11 is 0. The number of nitrogens with zero attached hydrogens (tertiary/aromatic N) is 2. The number of amides is 1. The van der Waals surface area contributed by atoms with Crippen LogP contribution in [0, 0.1) is 0 Å². The molecule has 0 fully saturated rings. The molecule has 24 heavy (non-hydrogen) atoms.